The van der Waals surface area contributed by atoms with Crippen LogP contribution in [0.5, 0.6) is 0 Å². The minimum Gasteiger partial charge on any atom is -0.393 e. The zero-order chi connectivity index (χ0) is 14.2. The molecule has 0 amide bonds. The number of fused-ring (bicyclic) bond motifs is 1. The van der Waals surface area contributed by atoms with E-state index in [1.54, 1.807) is 0 Å². The van der Waals surface area contributed by atoms with Gasteiger partial charge in [-0.25, -0.2) is 0 Å². The van der Waals surface area contributed by atoms with Crippen molar-refractivity contribution in [2.75, 3.05) is 0 Å². The molecule has 4 unspecified atom stereocenters. The van der Waals surface area contributed by atoms with Crippen molar-refractivity contribution in [1.82, 2.24) is 0 Å². The molecular formula is C19H36O. The summed E-state index contributed by atoms with van der Waals surface area (Å²) in [6.07, 6.45) is 19.0. The van der Waals surface area contributed by atoms with E-state index in [4.69, 9.17) is 0 Å². The normalized spacial score (nSPS) is 31.8. The van der Waals surface area contributed by atoms with Crippen LogP contribution in [0.25, 0.3) is 0 Å². The molecule has 2 rings (SSSR count). The molecule has 1 nitrogen and oxygen atoms in total. The average molecular weight is 280 g/mol. The van der Waals surface area contributed by atoms with Gasteiger partial charge in [-0.1, -0.05) is 71.1 Å². The largest absolute Gasteiger partial charge is 0.393 e. The van der Waals surface area contributed by atoms with Gasteiger partial charge in [0.25, 0.3) is 0 Å². The molecule has 4 atom stereocenters. The summed E-state index contributed by atoms with van der Waals surface area (Å²) in [6.45, 7) is 2.27. The van der Waals surface area contributed by atoms with E-state index in [1.165, 1.54) is 83.5 Å². The number of rotatable bonds is 8. The van der Waals surface area contributed by atoms with Gasteiger partial charge in [0.15, 0.2) is 0 Å². The highest BCUT2D eigenvalue weighted by atomic mass is 16.3. The minimum absolute atomic E-state index is 0.00375. The molecule has 2 aliphatic rings. The third-order valence-corrected chi connectivity index (χ3v) is 5.98. The first kappa shape index (κ1) is 16.3. The molecule has 2 saturated carbocycles. The summed E-state index contributed by atoms with van der Waals surface area (Å²) < 4.78 is 0. The zero-order valence-electron chi connectivity index (χ0n) is 13.7. The van der Waals surface area contributed by atoms with Gasteiger partial charge >= 0.3 is 0 Å². The van der Waals surface area contributed by atoms with Gasteiger partial charge in [-0.2, -0.15) is 0 Å². The number of aliphatic hydroxyl groups excluding tert-OH is 1. The van der Waals surface area contributed by atoms with Crippen LogP contribution in [0.1, 0.15) is 96.8 Å². The van der Waals surface area contributed by atoms with Crippen molar-refractivity contribution in [1.29, 1.82) is 0 Å². The number of aliphatic hydroxyl groups is 1. The molecular weight excluding hydrogens is 244 g/mol. The Morgan fingerprint density at radius 1 is 0.850 bits per heavy atom. The van der Waals surface area contributed by atoms with Gasteiger partial charge in [0.05, 0.1) is 6.10 Å². The molecule has 2 aliphatic carbocycles. The Kier molecular flexibility index (Phi) is 7.41. The lowest BCUT2D eigenvalue weighted by atomic mass is 9.66. The van der Waals surface area contributed by atoms with Crippen LogP contribution in [0, 0.1) is 17.8 Å². The van der Waals surface area contributed by atoms with Crippen LogP contribution in [0.4, 0.5) is 0 Å². The highest BCUT2D eigenvalue weighted by Crippen LogP contribution is 2.44. The van der Waals surface area contributed by atoms with Gasteiger partial charge in [0.2, 0.25) is 0 Å². The number of unbranched alkanes of at least 4 members (excludes halogenated alkanes) is 5. The maximum Gasteiger partial charge on any atom is 0.0568 e. The molecule has 2 fully saturated rings. The zero-order valence-corrected chi connectivity index (χ0v) is 13.7. The van der Waals surface area contributed by atoms with E-state index >= 15 is 0 Å². The van der Waals surface area contributed by atoms with E-state index in [9.17, 15) is 5.11 Å². The van der Waals surface area contributed by atoms with E-state index < -0.39 is 0 Å². The standard InChI is InChI=1S/C19H36O/c1-2-3-4-5-6-7-12-19(20)18-14-13-16-10-8-9-11-17(16)15-18/h16-20H,2-15H2,1H3. The van der Waals surface area contributed by atoms with Crippen LogP contribution in [-0.4, -0.2) is 11.2 Å². The van der Waals surface area contributed by atoms with E-state index in [1.807, 2.05) is 0 Å². The Bertz CT molecular complexity index is 250. The van der Waals surface area contributed by atoms with Gasteiger partial charge in [-0.3, -0.25) is 0 Å². The highest BCUT2D eigenvalue weighted by Gasteiger charge is 2.34. The lowest BCUT2D eigenvalue weighted by molar-refractivity contribution is 0.0298. The van der Waals surface area contributed by atoms with Gasteiger partial charge in [-0.05, 0) is 43.4 Å². The van der Waals surface area contributed by atoms with E-state index in [-0.39, 0.29) is 6.10 Å². The average Bonchev–Trinajstić information content (AvgIpc) is 2.50. The second-order valence-electron chi connectivity index (χ2n) is 7.50. The fourth-order valence-corrected chi connectivity index (χ4v) is 4.63. The second-order valence-corrected chi connectivity index (χ2v) is 7.50. The van der Waals surface area contributed by atoms with Crippen molar-refractivity contribution in [2.24, 2.45) is 17.8 Å². The highest BCUT2D eigenvalue weighted by molar-refractivity contribution is 4.85. The van der Waals surface area contributed by atoms with Crippen molar-refractivity contribution in [3.63, 3.8) is 0 Å². The molecule has 0 saturated heterocycles. The predicted octanol–water partition coefficient (Wildman–Crippen LogP) is 5.70. The van der Waals surface area contributed by atoms with Crippen molar-refractivity contribution in [3.05, 3.63) is 0 Å². The van der Waals surface area contributed by atoms with Crippen molar-refractivity contribution >= 4 is 0 Å². The Morgan fingerprint density at radius 2 is 1.55 bits per heavy atom. The minimum atomic E-state index is 0.00375. The van der Waals surface area contributed by atoms with Gasteiger partial charge < -0.3 is 5.11 Å². The van der Waals surface area contributed by atoms with Crippen molar-refractivity contribution < 1.29 is 5.11 Å². The van der Waals surface area contributed by atoms with Gasteiger partial charge in [0.1, 0.15) is 0 Å². The smallest absolute Gasteiger partial charge is 0.0568 e. The van der Waals surface area contributed by atoms with Crippen LogP contribution in [0.3, 0.4) is 0 Å². The predicted molar refractivity (Wildman–Crippen MR) is 86.8 cm³/mol. The van der Waals surface area contributed by atoms with E-state index in [0.29, 0.717) is 5.92 Å². The molecule has 0 aromatic heterocycles. The lowest BCUT2D eigenvalue weighted by Crippen LogP contribution is -2.33. The van der Waals surface area contributed by atoms with E-state index in [0.717, 1.165) is 18.3 Å². The monoisotopic (exact) mass is 280 g/mol. The molecule has 0 heterocycles. The Labute approximate surface area is 126 Å². The fourth-order valence-electron chi connectivity index (χ4n) is 4.63. The third-order valence-electron chi connectivity index (χ3n) is 5.98. The Hall–Kier alpha value is -0.0400. The van der Waals surface area contributed by atoms with Crippen LogP contribution in [0.2, 0.25) is 0 Å². The maximum atomic E-state index is 10.5. The summed E-state index contributed by atoms with van der Waals surface area (Å²) in [6, 6.07) is 0. The molecule has 0 aromatic carbocycles. The molecule has 20 heavy (non-hydrogen) atoms. The molecule has 118 valence electrons. The van der Waals surface area contributed by atoms with Crippen LogP contribution < -0.4 is 0 Å². The van der Waals surface area contributed by atoms with Crippen molar-refractivity contribution in [2.45, 2.75) is 103 Å². The molecule has 0 spiro atoms. The number of hydrogen-bond donors (Lipinski definition) is 1. The molecule has 0 aliphatic heterocycles. The molecule has 0 radical (unpaired) electrons. The summed E-state index contributed by atoms with van der Waals surface area (Å²) in [5.74, 6) is 2.60. The summed E-state index contributed by atoms with van der Waals surface area (Å²) in [5, 5.41) is 10.5. The SMILES string of the molecule is CCCCCCCCC(O)C1CCC2CCCCC2C1. The first-order chi connectivity index (χ1) is 9.81. The first-order valence-electron chi connectivity index (χ1n) is 9.49. The topological polar surface area (TPSA) is 20.2 Å². The summed E-state index contributed by atoms with van der Waals surface area (Å²) in [5.41, 5.74) is 0. The van der Waals surface area contributed by atoms with Crippen LogP contribution in [-0.2, 0) is 0 Å². The third kappa shape index (κ3) is 5.06. The van der Waals surface area contributed by atoms with Crippen LogP contribution in [0.15, 0.2) is 0 Å². The summed E-state index contributed by atoms with van der Waals surface area (Å²) >= 11 is 0. The van der Waals surface area contributed by atoms with Crippen LogP contribution >= 0.6 is 0 Å². The van der Waals surface area contributed by atoms with Crippen molar-refractivity contribution in [3.8, 4) is 0 Å². The summed E-state index contributed by atoms with van der Waals surface area (Å²) in [7, 11) is 0. The van der Waals surface area contributed by atoms with E-state index in [2.05, 4.69) is 6.92 Å². The Morgan fingerprint density at radius 3 is 2.35 bits per heavy atom. The lowest BCUT2D eigenvalue weighted by Gasteiger charge is -2.40. The van der Waals surface area contributed by atoms with Gasteiger partial charge in [0, 0.05) is 0 Å². The number of hydrogen-bond acceptors (Lipinski definition) is 1. The quantitative estimate of drug-likeness (QED) is 0.565. The maximum absolute atomic E-state index is 10.5. The first-order valence-corrected chi connectivity index (χ1v) is 9.49. The molecule has 0 aromatic rings. The summed E-state index contributed by atoms with van der Waals surface area (Å²) in [4.78, 5) is 0. The second kappa shape index (κ2) is 9.07. The van der Waals surface area contributed by atoms with Gasteiger partial charge in [-0.15, -0.1) is 0 Å². The molecule has 0 bridgehead atoms. The fraction of sp³-hybridized carbons (Fsp3) is 1.00. The Balaban J connectivity index is 1.59. The molecule has 1 heteroatoms. The molecule has 1 N–H and O–H groups in total.